The molecule has 1 aromatic rings. The molecule has 6 nitrogen and oxygen atoms in total. The van der Waals surface area contributed by atoms with Crippen LogP contribution in [0.1, 0.15) is 45.7 Å². The predicted octanol–water partition coefficient (Wildman–Crippen LogP) is 2.42. The number of aryl methyl sites for hydroxylation is 2. The van der Waals surface area contributed by atoms with Gasteiger partial charge >= 0.3 is 0 Å². The third-order valence-electron chi connectivity index (χ3n) is 5.04. The predicted molar refractivity (Wildman–Crippen MR) is 114 cm³/mol. The number of hydrogen-bond acceptors (Lipinski definition) is 4. The van der Waals surface area contributed by atoms with E-state index in [1.54, 1.807) is 0 Å². The van der Waals surface area contributed by atoms with Gasteiger partial charge in [-0.2, -0.15) is 0 Å². The van der Waals surface area contributed by atoms with Crippen molar-refractivity contribution < 1.29 is 9.59 Å². The number of rotatable bonds is 7. The maximum Gasteiger partial charge on any atom is 0.248 e. The van der Waals surface area contributed by atoms with Crippen LogP contribution < -0.4 is 21.3 Å². The maximum atomic E-state index is 12.5. The minimum absolute atomic E-state index is 0.0717. The molecule has 28 heavy (non-hydrogen) atoms. The van der Waals surface area contributed by atoms with Gasteiger partial charge < -0.3 is 16.0 Å². The molecular weight excluding hydrogens is 352 g/mol. The van der Waals surface area contributed by atoms with Gasteiger partial charge in [0.25, 0.3) is 0 Å². The molecular formula is C22H34N4O2. The Morgan fingerprint density at radius 2 is 1.68 bits per heavy atom. The van der Waals surface area contributed by atoms with Crippen LogP contribution in [0.2, 0.25) is 0 Å². The Kier molecular flexibility index (Phi) is 6.67. The van der Waals surface area contributed by atoms with E-state index in [0.717, 1.165) is 22.4 Å². The fourth-order valence-corrected chi connectivity index (χ4v) is 3.70. The minimum Gasteiger partial charge on any atom is -0.351 e. The first-order valence-electron chi connectivity index (χ1n) is 9.84. The van der Waals surface area contributed by atoms with E-state index in [-0.39, 0.29) is 28.9 Å². The third kappa shape index (κ3) is 5.42. The molecule has 0 spiro atoms. The summed E-state index contributed by atoms with van der Waals surface area (Å²) in [6, 6.07) is 5.57. The van der Waals surface area contributed by atoms with Gasteiger partial charge in [0, 0.05) is 35.4 Å². The highest BCUT2D eigenvalue weighted by Gasteiger charge is 2.39. The average molecular weight is 387 g/mol. The van der Waals surface area contributed by atoms with E-state index >= 15 is 0 Å². The van der Waals surface area contributed by atoms with Gasteiger partial charge in [-0.15, -0.1) is 0 Å². The summed E-state index contributed by atoms with van der Waals surface area (Å²) < 4.78 is 0. The van der Waals surface area contributed by atoms with E-state index in [1.807, 2.05) is 72.7 Å². The van der Waals surface area contributed by atoms with Crippen molar-refractivity contribution in [1.82, 2.24) is 16.0 Å². The zero-order valence-corrected chi connectivity index (χ0v) is 18.1. The molecule has 0 radical (unpaired) electrons. The second-order valence-corrected chi connectivity index (χ2v) is 8.72. The molecule has 0 aromatic heterocycles. The molecule has 2 rings (SSSR count). The fraction of sp³-hybridized carbons (Fsp3) is 0.545. The Balaban J connectivity index is 1.80. The Labute approximate surface area is 168 Å². The van der Waals surface area contributed by atoms with Crippen LogP contribution in [0.3, 0.4) is 0 Å². The van der Waals surface area contributed by atoms with Crippen LogP contribution in [-0.2, 0) is 9.59 Å². The lowest BCUT2D eigenvalue weighted by molar-refractivity contribution is -0.118. The number of benzene rings is 1. The molecule has 1 atom stereocenters. The van der Waals surface area contributed by atoms with Crippen LogP contribution in [0.4, 0.5) is 5.69 Å². The van der Waals surface area contributed by atoms with E-state index in [4.69, 9.17) is 0 Å². The second kappa shape index (κ2) is 8.45. The summed E-state index contributed by atoms with van der Waals surface area (Å²) in [6.45, 7) is 14.8. The molecule has 1 aliphatic rings. The van der Waals surface area contributed by atoms with Gasteiger partial charge in [-0.05, 0) is 59.6 Å². The molecule has 0 saturated carbocycles. The van der Waals surface area contributed by atoms with Gasteiger partial charge in [0.15, 0.2) is 0 Å². The molecule has 1 aromatic carbocycles. The van der Waals surface area contributed by atoms with Crippen LogP contribution in [0.15, 0.2) is 29.8 Å². The number of anilines is 1. The monoisotopic (exact) mass is 386 g/mol. The van der Waals surface area contributed by atoms with Gasteiger partial charge in [0.2, 0.25) is 11.8 Å². The van der Waals surface area contributed by atoms with Gasteiger partial charge in [-0.25, -0.2) is 0 Å². The quantitative estimate of drug-likeness (QED) is 0.543. The molecule has 1 aliphatic heterocycles. The van der Waals surface area contributed by atoms with Crippen molar-refractivity contribution in [3.63, 3.8) is 0 Å². The topological polar surface area (TPSA) is 82.3 Å². The number of carbonyl (C=O) groups excluding carboxylic acids is 2. The lowest BCUT2D eigenvalue weighted by Crippen LogP contribution is -2.48. The number of amides is 2. The summed E-state index contributed by atoms with van der Waals surface area (Å²) in [6.07, 6.45) is 1.98. The van der Waals surface area contributed by atoms with Gasteiger partial charge in [-0.3, -0.25) is 14.9 Å². The highest BCUT2D eigenvalue weighted by atomic mass is 16.2. The van der Waals surface area contributed by atoms with Crippen LogP contribution in [0.5, 0.6) is 0 Å². The Bertz CT molecular complexity index is 760. The van der Waals surface area contributed by atoms with E-state index in [0.29, 0.717) is 13.1 Å². The zero-order chi connectivity index (χ0) is 21.1. The van der Waals surface area contributed by atoms with Crippen molar-refractivity contribution in [3.05, 3.63) is 41.0 Å². The largest absolute Gasteiger partial charge is 0.351 e. The Morgan fingerprint density at radius 3 is 2.21 bits per heavy atom. The molecule has 0 saturated heterocycles. The summed E-state index contributed by atoms with van der Waals surface area (Å²) in [5.41, 5.74) is 3.13. The number of carbonyl (C=O) groups is 2. The maximum absolute atomic E-state index is 12.5. The normalized spacial score (nSPS) is 18.3. The lowest BCUT2D eigenvalue weighted by Gasteiger charge is -2.27. The summed E-state index contributed by atoms with van der Waals surface area (Å²) in [5.74, 6) is -0.160. The van der Waals surface area contributed by atoms with E-state index in [1.165, 1.54) is 0 Å². The van der Waals surface area contributed by atoms with Crippen molar-refractivity contribution in [1.29, 1.82) is 0 Å². The average Bonchev–Trinajstić information content (AvgIpc) is 2.81. The summed E-state index contributed by atoms with van der Waals surface area (Å²) >= 11 is 0. The van der Waals surface area contributed by atoms with Gasteiger partial charge in [-0.1, -0.05) is 24.3 Å². The minimum atomic E-state index is -0.362. The summed E-state index contributed by atoms with van der Waals surface area (Å²) in [7, 11) is 0. The molecule has 0 bridgehead atoms. The highest BCUT2D eigenvalue weighted by molar-refractivity contribution is 5.97. The van der Waals surface area contributed by atoms with E-state index < -0.39 is 0 Å². The molecule has 0 fully saturated rings. The molecule has 1 unspecified atom stereocenters. The highest BCUT2D eigenvalue weighted by Crippen LogP contribution is 2.29. The first-order valence-corrected chi connectivity index (χ1v) is 9.84. The Morgan fingerprint density at radius 1 is 1.07 bits per heavy atom. The SMILES string of the molecule is Cc1cccc(C)c1NC(=O)C(C)NCCNC(=O)C1=CC(C)(C)NC1(C)C. The molecule has 1 heterocycles. The van der Waals surface area contributed by atoms with Crippen LogP contribution in [0, 0.1) is 13.8 Å². The van der Waals surface area contributed by atoms with Crippen LogP contribution in [-0.4, -0.2) is 42.0 Å². The molecule has 0 aliphatic carbocycles. The van der Waals surface area contributed by atoms with Crippen molar-refractivity contribution in [2.24, 2.45) is 0 Å². The van der Waals surface area contributed by atoms with Crippen molar-refractivity contribution in [3.8, 4) is 0 Å². The van der Waals surface area contributed by atoms with Crippen molar-refractivity contribution in [2.75, 3.05) is 18.4 Å². The Hall–Kier alpha value is -2.18. The number of nitrogens with one attached hydrogen (secondary N) is 4. The second-order valence-electron chi connectivity index (χ2n) is 8.72. The van der Waals surface area contributed by atoms with Crippen molar-refractivity contribution >= 4 is 17.5 Å². The van der Waals surface area contributed by atoms with E-state index in [9.17, 15) is 9.59 Å². The summed E-state index contributed by atoms with van der Waals surface area (Å²) in [4.78, 5) is 24.9. The molecule has 2 amide bonds. The summed E-state index contributed by atoms with van der Waals surface area (Å²) in [5, 5.41) is 12.5. The first kappa shape index (κ1) is 22.1. The smallest absolute Gasteiger partial charge is 0.248 e. The molecule has 6 heteroatoms. The van der Waals surface area contributed by atoms with Crippen LogP contribution in [0.25, 0.3) is 0 Å². The number of hydrogen-bond donors (Lipinski definition) is 4. The fourth-order valence-electron chi connectivity index (χ4n) is 3.70. The van der Waals surface area contributed by atoms with Crippen LogP contribution >= 0.6 is 0 Å². The van der Waals surface area contributed by atoms with Crippen molar-refractivity contribution in [2.45, 2.75) is 65.6 Å². The molecule has 154 valence electrons. The lowest BCUT2D eigenvalue weighted by atomic mass is 9.96. The standard InChI is InChI=1S/C22H34N4O2/c1-14-9-8-10-15(2)18(14)25-19(27)16(3)23-11-12-24-20(28)17-13-21(4,5)26-22(17,6)7/h8-10,13,16,23,26H,11-12H2,1-7H3,(H,24,28)(H,25,27). The van der Waals surface area contributed by atoms with Gasteiger partial charge in [0.05, 0.1) is 6.04 Å². The van der Waals surface area contributed by atoms with E-state index in [2.05, 4.69) is 21.3 Å². The zero-order valence-electron chi connectivity index (χ0n) is 18.1. The first-order chi connectivity index (χ1) is 12.9. The third-order valence-corrected chi connectivity index (χ3v) is 5.04. The molecule has 4 N–H and O–H groups in total. The number of para-hydroxylation sites is 1. The van der Waals surface area contributed by atoms with Gasteiger partial charge in [0.1, 0.15) is 0 Å².